The van der Waals surface area contributed by atoms with Gasteiger partial charge in [0.25, 0.3) is 11.6 Å². The Hall–Kier alpha value is -2.90. The van der Waals surface area contributed by atoms with Crippen molar-refractivity contribution in [2.24, 2.45) is 0 Å². The quantitative estimate of drug-likeness (QED) is 0.364. The van der Waals surface area contributed by atoms with E-state index in [1.807, 2.05) is 13.8 Å². The molecular formula is C15H18N4O4. The molecule has 23 heavy (non-hydrogen) atoms. The Kier molecular flexibility index (Phi) is 4.95. The average molecular weight is 318 g/mol. The molecule has 0 saturated heterocycles. The number of nitrogens with zero attached hydrogens (tertiary/aromatic N) is 2. The van der Waals surface area contributed by atoms with Gasteiger partial charge in [0.05, 0.1) is 16.2 Å². The summed E-state index contributed by atoms with van der Waals surface area (Å²) in [6.07, 6.45) is 1.43. The van der Waals surface area contributed by atoms with Crippen molar-refractivity contribution in [3.63, 3.8) is 0 Å². The smallest absolute Gasteiger partial charge is 0.270 e. The maximum atomic E-state index is 12.1. The summed E-state index contributed by atoms with van der Waals surface area (Å²) in [5.74, 6) is 0.349. The Morgan fingerprint density at radius 1 is 1.43 bits per heavy atom. The highest BCUT2D eigenvalue weighted by Gasteiger charge is 2.15. The van der Waals surface area contributed by atoms with Gasteiger partial charge in [-0.05, 0) is 32.8 Å². The van der Waals surface area contributed by atoms with Crippen molar-refractivity contribution in [3.8, 4) is 0 Å². The zero-order chi connectivity index (χ0) is 17.0. The van der Waals surface area contributed by atoms with E-state index in [-0.39, 0.29) is 16.9 Å². The lowest BCUT2D eigenvalue weighted by Crippen LogP contribution is -2.25. The topological polar surface area (TPSA) is 124 Å². The number of aryl methyl sites for hydroxylation is 2. The van der Waals surface area contributed by atoms with Crippen LogP contribution in [0.3, 0.4) is 0 Å². The highest BCUT2D eigenvalue weighted by molar-refractivity contribution is 5.99. The number of nitro benzene ring substituents is 1. The molecule has 0 fully saturated rings. The minimum absolute atomic E-state index is 0.108. The van der Waals surface area contributed by atoms with Crippen LogP contribution < -0.4 is 11.1 Å². The van der Waals surface area contributed by atoms with Crippen LogP contribution in [0.2, 0.25) is 0 Å². The van der Waals surface area contributed by atoms with Gasteiger partial charge in [0.1, 0.15) is 5.76 Å². The minimum atomic E-state index is -0.562. The maximum absolute atomic E-state index is 12.1. The third-order valence-corrected chi connectivity index (χ3v) is 3.56. The first-order valence-corrected chi connectivity index (χ1v) is 7.14. The first kappa shape index (κ1) is 16.5. The van der Waals surface area contributed by atoms with Gasteiger partial charge < -0.3 is 15.6 Å². The normalized spacial score (nSPS) is 10.5. The van der Waals surface area contributed by atoms with Crippen molar-refractivity contribution in [2.45, 2.75) is 26.7 Å². The van der Waals surface area contributed by atoms with Gasteiger partial charge in [-0.15, -0.1) is 0 Å². The van der Waals surface area contributed by atoms with Crippen LogP contribution >= 0.6 is 0 Å². The predicted octanol–water partition coefficient (Wildman–Crippen LogP) is 2.14. The van der Waals surface area contributed by atoms with Gasteiger partial charge in [0.2, 0.25) is 0 Å². The van der Waals surface area contributed by atoms with Crippen molar-refractivity contribution in [1.82, 2.24) is 10.5 Å². The van der Waals surface area contributed by atoms with Gasteiger partial charge in [-0.25, -0.2) is 0 Å². The molecule has 8 nitrogen and oxygen atoms in total. The number of amides is 1. The number of carbonyl (C=O) groups is 1. The lowest BCUT2D eigenvalue weighted by Gasteiger charge is -2.07. The molecule has 1 heterocycles. The van der Waals surface area contributed by atoms with Crippen LogP contribution in [0.1, 0.15) is 33.8 Å². The molecule has 3 N–H and O–H groups in total. The van der Waals surface area contributed by atoms with Gasteiger partial charge in [0.15, 0.2) is 0 Å². The summed E-state index contributed by atoms with van der Waals surface area (Å²) in [5, 5.41) is 17.3. The molecule has 0 atom stereocenters. The molecule has 2 rings (SSSR count). The second-order valence-electron chi connectivity index (χ2n) is 5.19. The lowest BCUT2D eigenvalue weighted by molar-refractivity contribution is -0.384. The Morgan fingerprint density at radius 3 is 2.78 bits per heavy atom. The molecule has 0 saturated carbocycles. The van der Waals surface area contributed by atoms with Crippen molar-refractivity contribution < 1.29 is 14.2 Å². The molecule has 0 aliphatic heterocycles. The third-order valence-electron chi connectivity index (χ3n) is 3.56. The largest absolute Gasteiger partial charge is 0.398 e. The number of nitro groups is 1. The van der Waals surface area contributed by atoms with E-state index in [4.69, 9.17) is 10.3 Å². The number of hydrogen-bond acceptors (Lipinski definition) is 6. The van der Waals surface area contributed by atoms with E-state index in [9.17, 15) is 14.9 Å². The summed E-state index contributed by atoms with van der Waals surface area (Å²) in [4.78, 5) is 22.3. The summed E-state index contributed by atoms with van der Waals surface area (Å²) in [6.45, 7) is 4.14. The summed E-state index contributed by atoms with van der Waals surface area (Å²) in [6, 6.07) is 3.80. The fraction of sp³-hybridized carbons (Fsp3) is 0.333. The Balaban J connectivity index is 1.92. The molecule has 0 unspecified atom stereocenters. The third kappa shape index (κ3) is 3.85. The molecular weight excluding hydrogens is 300 g/mol. The van der Waals surface area contributed by atoms with E-state index >= 15 is 0 Å². The van der Waals surface area contributed by atoms with E-state index in [1.165, 1.54) is 18.2 Å². The van der Waals surface area contributed by atoms with E-state index in [2.05, 4.69) is 10.5 Å². The fourth-order valence-corrected chi connectivity index (χ4v) is 2.28. The SMILES string of the molecule is Cc1noc(C)c1CCCNC(=O)c1cc([N+](=O)[O-])ccc1N. The van der Waals surface area contributed by atoms with E-state index < -0.39 is 10.8 Å². The van der Waals surface area contributed by atoms with Crippen LogP contribution in [-0.4, -0.2) is 22.5 Å². The fourth-order valence-electron chi connectivity index (χ4n) is 2.28. The number of nitrogens with two attached hydrogens (primary N) is 1. The summed E-state index contributed by atoms with van der Waals surface area (Å²) >= 11 is 0. The molecule has 122 valence electrons. The Bertz CT molecular complexity index is 720. The lowest BCUT2D eigenvalue weighted by atomic mass is 10.1. The van der Waals surface area contributed by atoms with Gasteiger partial charge in [-0.3, -0.25) is 14.9 Å². The van der Waals surface area contributed by atoms with E-state index in [1.54, 1.807) is 0 Å². The molecule has 8 heteroatoms. The monoisotopic (exact) mass is 318 g/mol. The Labute approximate surface area is 132 Å². The standard InChI is InChI=1S/C15H18N4O4/c1-9-12(10(2)23-18-9)4-3-7-17-15(20)13-8-11(19(21)22)5-6-14(13)16/h5-6,8H,3-4,7,16H2,1-2H3,(H,17,20). The number of carbonyl (C=O) groups excluding carboxylic acids is 1. The van der Waals surface area contributed by atoms with E-state index in [0.29, 0.717) is 13.0 Å². The molecule has 1 aromatic carbocycles. The highest BCUT2D eigenvalue weighted by atomic mass is 16.6. The summed E-state index contributed by atoms with van der Waals surface area (Å²) < 4.78 is 5.08. The molecule has 1 amide bonds. The molecule has 1 aromatic heterocycles. The zero-order valence-corrected chi connectivity index (χ0v) is 13.0. The van der Waals surface area contributed by atoms with Crippen LogP contribution in [0, 0.1) is 24.0 Å². The highest BCUT2D eigenvalue weighted by Crippen LogP contribution is 2.19. The minimum Gasteiger partial charge on any atom is -0.398 e. The van der Waals surface area contributed by atoms with Crippen molar-refractivity contribution in [2.75, 3.05) is 12.3 Å². The van der Waals surface area contributed by atoms with E-state index in [0.717, 1.165) is 23.4 Å². The number of nitrogens with one attached hydrogen (secondary N) is 1. The van der Waals surface area contributed by atoms with Crippen LogP contribution in [0.4, 0.5) is 11.4 Å². The zero-order valence-electron chi connectivity index (χ0n) is 13.0. The maximum Gasteiger partial charge on any atom is 0.270 e. The number of benzene rings is 1. The molecule has 2 aromatic rings. The summed E-state index contributed by atoms with van der Waals surface area (Å²) in [7, 11) is 0. The van der Waals surface area contributed by atoms with Crippen molar-refractivity contribution in [3.05, 3.63) is 50.9 Å². The van der Waals surface area contributed by atoms with Crippen molar-refractivity contribution in [1.29, 1.82) is 0 Å². The van der Waals surface area contributed by atoms with Crippen LogP contribution in [-0.2, 0) is 6.42 Å². The van der Waals surface area contributed by atoms with Crippen LogP contribution in [0.25, 0.3) is 0 Å². The number of nitrogen functional groups attached to an aromatic ring is 1. The van der Waals surface area contributed by atoms with Gasteiger partial charge >= 0.3 is 0 Å². The van der Waals surface area contributed by atoms with Gasteiger partial charge in [0, 0.05) is 29.9 Å². The van der Waals surface area contributed by atoms with Gasteiger partial charge in [-0.1, -0.05) is 5.16 Å². The second-order valence-corrected chi connectivity index (χ2v) is 5.19. The first-order valence-electron chi connectivity index (χ1n) is 7.14. The van der Waals surface area contributed by atoms with Crippen LogP contribution in [0.15, 0.2) is 22.7 Å². The van der Waals surface area contributed by atoms with Gasteiger partial charge in [-0.2, -0.15) is 0 Å². The molecule has 0 radical (unpaired) electrons. The molecule has 0 aliphatic rings. The van der Waals surface area contributed by atoms with Crippen molar-refractivity contribution >= 4 is 17.3 Å². The average Bonchev–Trinajstić information content (AvgIpc) is 2.82. The predicted molar refractivity (Wildman–Crippen MR) is 84.1 cm³/mol. The number of non-ortho nitro benzene ring substituents is 1. The Morgan fingerprint density at radius 2 is 2.17 bits per heavy atom. The number of rotatable bonds is 6. The second kappa shape index (κ2) is 6.91. The molecule has 0 bridgehead atoms. The number of aromatic nitrogens is 1. The number of hydrogen-bond donors (Lipinski definition) is 2. The number of anilines is 1. The molecule has 0 aliphatic carbocycles. The molecule has 0 spiro atoms. The summed E-state index contributed by atoms with van der Waals surface area (Å²) in [5.41, 5.74) is 7.74. The first-order chi connectivity index (χ1) is 10.9. The van der Waals surface area contributed by atoms with Crippen LogP contribution in [0.5, 0.6) is 0 Å².